The van der Waals surface area contributed by atoms with Gasteiger partial charge in [-0.25, -0.2) is 9.37 Å². The molecular weight excluding hydrogens is 397 g/mol. The third kappa shape index (κ3) is 5.54. The highest BCUT2D eigenvalue weighted by molar-refractivity contribution is 5.68. The van der Waals surface area contributed by atoms with Gasteiger partial charge in [0.25, 0.3) is 0 Å². The van der Waals surface area contributed by atoms with Gasteiger partial charge in [0.2, 0.25) is 5.88 Å². The van der Waals surface area contributed by atoms with Crippen molar-refractivity contribution in [1.82, 2.24) is 4.98 Å². The minimum absolute atomic E-state index is 0.0380. The summed E-state index contributed by atoms with van der Waals surface area (Å²) in [4.78, 5) is 15.6. The maximum Gasteiger partial charge on any atom is 0.303 e. The average Bonchev–Trinajstić information content (AvgIpc) is 3.62. The van der Waals surface area contributed by atoms with Crippen molar-refractivity contribution in [3.8, 4) is 11.6 Å². The summed E-state index contributed by atoms with van der Waals surface area (Å²) in [7, 11) is 1.60. The van der Waals surface area contributed by atoms with E-state index >= 15 is 0 Å². The zero-order valence-corrected chi connectivity index (χ0v) is 17.9. The SMILES string of the molecule is COc1ccc(F)c([C@H]2CC[C@H](COc3cc(C(CC(=O)O)C4CC4)ccn3)CC2)c1. The molecule has 0 saturated heterocycles. The Bertz CT molecular complexity index is 906. The lowest BCUT2D eigenvalue weighted by Gasteiger charge is -2.29. The van der Waals surface area contributed by atoms with Crippen molar-refractivity contribution in [2.75, 3.05) is 13.7 Å². The van der Waals surface area contributed by atoms with Crippen LogP contribution in [0.25, 0.3) is 0 Å². The summed E-state index contributed by atoms with van der Waals surface area (Å²) in [6, 6.07) is 8.78. The van der Waals surface area contributed by atoms with Crippen LogP contribution in [0.15, 0.2) is 36.5 Å². The first-order valence-corrected chi connectivity index (χ1v) is 11.2. The van der Waals surface area contributed by atoms with Gasteiger partial charge in [0, 0.05) is 12.3 Å². The third-order valence-electron chi connectivity index (χ3n) is 6.73. The summed E-state index contributed by atoms with van der Waals surface area (Å²) in [5.41, 5.74) is 1.75. The number of ether oxygens (including phenoxy) is 2. The Morgan fingerprint density at radius 2 is 1.94 bits per heavy atom. The zero-order chi connectivity index (χ0) is 21.8. The molecule has 1 aromatic heterocycles. The lowest BCUT2D eigenvalue weighted by molar-refractivity contribution is -0.137. The Hall–Kier alpha value is -2.63. The molecule has 166 valence electrons. The molecule has 2 fully saturated rings. The molecule has 2 aliphatic rings. The summed E-state index contributed by atoms with van der Waals surface area (Å²) in [6.07, 6.45) is 7.85. The quantitative estimate of drug-likeness (QED) is 0.568. The molecule has 2 aromatic rings. The Balaban J connectivity index is 1.31. The number of rotatable bonds is 9. The summed E-state index contributed by atoms with van der Waals surface area (Å²) in [6.45, 7) is 0.580. The summed E-state index contributed by atoms with van der Waals surface area (Å²) < 4.78 is 25.5. The van der Waals surface area contributed by atoms with E-state index in [-0.39, 0.29) is 24.1 Å². The number of benzene rings is 1. The van der Waals surface area contributed by atoms with Crippen molar-refractivity contribution in [3.63, 3.8) is 0 Å². The van der Waals surface area contributed by atoms with E-state index in [4.69, 9.17) is 9.47 Å². The third-order valence-corrected chi connectivity index (χ3v) is 6.73. The topological polar surface area (TPSA) is 68.7 Å². The van der Waals surface area contributed by atoms with E-state index < -0.39 is 5.97 Å². The second kappa shape index (κ2) is 9.67. The lowest BCUT2D eigenvalue weighted by Crippen LogP contribution is -2.20. The summed E-state index contributed by atoms with van der Waals surface area (Å²) in [5, 5.41) is 9.24. The number of hydrogen-bond acceptors (Lipinski definition) is 4. The number of carbonyl (C=O) groups is 1. The van der Waals surface area contributed by atoms with Crippen LogP contribution in [0.3, 0.4) is 0 Å². The molecule has 6 heteroatoms. The van der Waals surface area contributed by atoms with Crippen LogP contribution >= 0.6 is 0 Å². The van der Waals surface area contributed by atoms with Crippen LogP contribution in [-0.4, -0.2) is 29.8 Å². The molecule has 0 spiro atoms. The van der Waals surface area contributed by atoms with Gasteiger partial charge in [0.1, 0.15) is 11.6 Å². The molecule has 0 radical (unpaired) electrons. The molecule has 1 aromatic carbocycles. The molecule has 2 aliphatic carbocycles. The maximum atomic E-state index is 14.3. The van der Waals surface area contributed by atoms with Gasteiger partial charge in [-0.2, -0.15) is 0 Å². The van der Waals surface area contributed by atoms with Crippen molar-refractivity contribution >= 4 is 5.97 Å². The maximum absolute atomic E-state index is 14.3. The van der Waals surface area contributed by atoms with Crippen molar-refractivity contribution in [1.29, 1.82) is 0 Å². The van der Waals surface area contributed by atoms with Crippen LogP contribution in [0.5, 0.6) is 11.6 Å². The molecule has 2 saturated carbocycles. The van der Waals surface area contributed by atoms with Gasteiger partial charge in [0.15, 0.2) is 0 Å². The lowest BCUT2D eigenvalue weighted by atomic mass is 9.79. The number of carboxylic acid groups (broad SMARTS) is 1. The molecule has 31 heavy (non-hydrogen) atoms. The molecule has 0 amide bonds. The fourth-order valence-corrected chi connectivity index (χ4v) is 4.78. The standard InChI is InChI=1S/C25H30FNO4/c1-30-20-8-9-23(26)22(13-20)18-4-2-16(3-5-18)15-31-24-12-19(10-11-27-24)21(14-25(28)29)17-6-7-17/h8-13,16-18,21H,2-7,14-15H2,1H3,(H,28,29)/t16-,18-,21?. The number of nitrogens with zero attached hydrogens (tertiary/aromatic N) is 1. The van der Waals surface area contributed by atoms with E-state index in [1.54, 1.807) is 19.4 Å². The van der Waals surface area contributed by atoms with Crippen molar-refractivity contribution in [2.45, 2.75) is 56.8 Å². The van der Waals surface area contributed by atoms with Gasteiger partial charge >= 0.3 is 5.97 Å². The fourth-order valence-electron chi connectivity index (χ4n) is 4.78. The second-order valence-corrected chi connectivity index (χ2v) is 8.89. The monoisotopic (exact) mass is 427 g/mol. The van der Waals surface area contributed by atoms with Crippen LogP contribution in [0.4, 0.5) is 4.39 Å². The second-order valence-electron chi connectivity index (χ2n) is 8.89. The predicted octanol–water partition coefficient (Wildman–Crippen LogP) is 5.55. The molecule has 0 bridgehead atoms. The molecular formula is C25H30FNO4. The first-order chi connectivity index (χ1) is 15.0. The molecule has 1 N–H and O–H groups in total. The smallest absolute Gasteiger partial charge is 0.303 e. The van der Waals surface area contributed by atoms with Gasteiger partial charge in [-0.15, -0.1) is 0 Å². The number of aromatic nitrogens is 1. The molecule has 1 heterocycles. The number of methoxy groups -OCH3 is 1. The number of pyridine rings is 1. The average molecular weight is 428 g/mol. The first-order valence-electron chi connectivity index (χ1n) is 11.2. The Morgan fingerprint density at radius 3 is 2.61 bits per heavy atom. The van der Waals surface area contributed by atoms with E-state index in [1.165, 1.54) is 6.07 Å². The van der Waals surface area contributed by atoms with Gasteiger partial charge in [-0.3, -0.25) is 4.79 Å². The summed E-state index contributed by atoms with van der Waals surface area (Å²) >= 11 is 0. The fraction of sp³-hybridized carbons (Fsp3) is 0.520. The van der Waals surface area contributed by atoms with Crippen molar-refractivity contribution < 1.29 is 23.8 Å². The minimum atomic E-state index is -0.764. The van der Waals surface area contributed by atoms with Crippen LogP contribution in [-0.2, 0) is 4.79 Å². The van der Waals surface area contributed by atoms with Crippen LogP contribution < -0.4 is 9.47 Å². The molecule has 1 atom stereocenters. The van der Waals surface area contributed by atoms with E-state index in [0.29, 0.717) is 30.1 Å². The van der Waals surface area contributed by atoms with E-state index in [9.17, 15) is 14.3 Å². The van der Waals surface area contributed by atoms with E-state index in [2.05, 4.69) is 4.98 Å². The minimum Gasteiger partial charge on any atom is -0.497 e. The zero-order valence-electron chi connectivity index (χ0n) is 17.9. The molecule has 5 nitrogen and oxygen atoms in total. The normalized spacial score (nSPS) is 22.0. The van der Waals surface area contributed by atoms with Crippen LogP contribution in [0.2, 0.25) is 0 Å². The van der Waals surface area contributed by atoms with E-state index in [0.717, 1.165) is 49.7 Å². The Morgan fingerprint density at radius 1 is 1.16 bits per heavy atom. The summed E-state index contributed by atoms with van der Waals surface area (Å²) in [5.74, 6) is 1.45. The van der Waals surface area contributed by atoms with Gasteiger partial charge in [-0.1, -0.05) is 0 Å². The Kier molecular flexibility index (Phi) is 6.73. The molecule has 1 unspecified atom stereocenters. The highest BCUT2D eigenvalue weighted by Gasteiger charge is 2.34. The van der Waals surface area contributed by atoms with Gasteiger partial charge < -0.3 is 14.6 Å². The predicted molar refractivity (Wildman–Crippen MR) is 115 cm³/mol. The highest BCUT2D eigenvalue weighted by Crippen LogP contribution is 2.45. The highest BCUT2D eigenvalue weighted by atomic mass is 19.1. The van der Waals surface area contributed by atoms with Crippen molar-refractivity contribution in [3.05, 3.63) is 53.5 Å². The first kappa shape index (κ1) is 21.6. The number of carboxylic acids is 1. The molecule has 4 rings (SSSR count). The van der Waals surface area contributed by atoms with Gasteiger partial charge in [-0.05, 0) is 97.6 Å². The van der Waals surface area contributed by atoms with Crippen LogP contribution in [0, 0.1) is 17.7 Å². The van der Waals surface area contributed by atoms with Crippen LogP contribution in [0.1, 0.15) is 67.9 Å². The van der Waals surface area contributed by atoms with Crippen molar-refractivity contribution in [2.24, 2.45) is 11.8 Å². The largest absolute Gasteiger partial charge is 0.497 e. The number of halogens is 1. The van der Waals surface area contributed by atoms with E-state index in [1.807, 2.05) is 18.2 Å². The number of aliphatic carboxylic acids is 1. The Labute approximate surface area is 182 Å². The van der Waals surface area contributed by atoms with Gasteiger partial charge in [0.05, 0.1) is 20.1 Å². The molecule has 0 aliphatic heterocycles. The number of hydrogen-bond donors (Lipinski definition) is 1.